The minimum atomic E-state index is -0.0185. The zero-order chi connectivity index (χ0) is 14.2. The Bertz CT molecular complexity index is 548. The van der Waals surface area contributed by atoms with Crippen LogP contribution in [0.25, 0.3) is 0 Å². The third kappa shape index (κ3) is 3.00. The SMILES string of the molecule is CC12CCCC(=CC(CNC(=O)c3cc(Br)c[nH]3)C1)C2. The van der Waals surface area contributed by atoms with Gasteiger partial charge in [-0.1, -0.05) is 18.6 Å². The number of aromatic amines is 1. The smallest absolute Gasteiger partial charge is 0.267 e. The van der Waals surface area contributed by atoms with E-state index in [1.807, 2.05) is 6.07 Å². The van der Waals surface area contributed by atoms with E-state index in [2.05, 4.69) is 39.2 Å². The summed E-state index contributed by atoms with van der Waals surface area (Å²) in [6.45, 7) is 3.14. The normalized spacial score (nSPS) is 28.9. The fraction of sp³-hybridized carbons (Fsp3) is 0.562. The van der Waals surface area contributed by atoms with Gasteiger partial charge in [0.25, 0.3) is 5.91 Å². The Labute approximate surface area is 128 Å². The van der Waals surface area contributed by atoms with Gasteiger partial charge in [0.2, 0.25) is 0 Å². The molecule has 3 rings (SSSR count). The molecular formula is C16H21BrN2O. The van der Waals surface area contributed by atoms with Gasteiger partial charge in [0.15, 0.2) is 0 Å². The lowest BCUT2D eigenvalue weighted by Crippen LogP contribution is -2.35. The van der Waals surface area contributed by atoms with Crippen molar-refractivity contribution < 1.29 is 4.79 Å². The van der Waals surface area contributed by atoms with Crippen molar-refractivity contribution in [3.63, 3.8) is 0 Å². The van der Waals surface area contributed by atoms with E-state index in [9.17, 15) is 4.79 Å². The van der Waals surface area contributed by atoms with Gasteiger partial charge in [0.1, 0.15) is 5.69 Å². The fourth-order valence-corrected chi connectivity index (χ4v) is 4.10. The monoisotopic (exact) mass is 336 g/mol. The molecule has 0 spiro atoms. The second kappa shape index (κ2) is 5.40. The van der Waals surface area contributed by atoms with Crippen LogP contribution in [0.15, 0.2) is 28.4 Å². The van der Waals surface area contributed by atoms with E-state index in [0.717, 1.165) is 11.0 Å². The molecule has 3 nitrogen and oxygen atoms in total. The summed E-state index contributed by atoms with van der Waals surface area (Å²) in [7, 11) is 0. The maximum Gasteiger partial charge on any atom is 0.267 e. The van der Waals surface area contributed by atoms with E-state index in [4.69, 9.17) is 0 Å². The Hall–Kier alpha value is -1.03. The van der Waals surface area contributed by atoms with Crippen molar-refractivity contribution in [2.24, 2.45) is 11.3 Å². The molecule has 2 N–H and O–H groups in total. The summed E-state index contributed by atoms with van der Waals surface area (Å²) < 4.78 is 0.907. The van der Waals surface area contributed by atoms with Crippen molar-refractivity contribution in [1.29, 1.82) is 0 Å². The zero-order valence-electron chi connectivity index (χ0n) is 11.8. The number of hydrogen-bond donors (Lipinski definition) is 2. The standard InChI is InChI=1S/C16H21BrN2O/c1-16-4-2-3-11(7-16)5-12(8-16)9-19-15(20)14-6-13(17)10-18-14/h5-6,10,12,18H,2-4,7-9H2,1H3,(H,19,20). The number of allylic oxidation sites excluding steroid dienone is 1. The van der Waals surface area contributed by atoms with Gasteiger partial charge in [0.05, 0.1) is 0 Å². The van der Waals surface area contributed by atoms with Gasteiger partial charge in [-0.15, -0.1) is 0 Å². The number of aromatic nitrogens is 1. The molecule has 4 heteroatoms. The minimum absolute atomic E-state index is 0.0185. The lowest BCUT2D eigenvalue weighted by atomic mass is 9.64. The number of rotatable bonds is 3. The first-order valence-electron chi connectivity index (χ1n) is 7.36. The van der Waals surface area contributed by atoms with Gasteiger partial charge in [-0.3, -0.25) is 4.79 Å². The van der Waals surface area contributed by atoms with Crippen LogP contribution < -0.4 is 5.32 Å². The molecule has 1 aromatic heterocycles. The van der Waals surface area contributed by atoms with Crippen LogP contribution in [-0.4, -0.2) is 17.4 Å². The van der Waals surface area contributed by atoms with Crippen LogP contribution in [0.5, 0.6) is 0 Å². The first-order chi connectivity index (χ1) is 9.54. The first-order valence-corrected chi connectivity index (χ1v) is 8.15. The molecule has 1 amide bonds. The summed E-state index contributed by atoms with van der Waals surface area (Å²) in [5, 5.41) is 3.05. The molecule has 0 aromatic carbocycles. The fourth-order valence-electron chi connectivity index (χ4n) is 3.76. The number of fused-ring (bicyclic) bond motifs is 2. The van der Waals surface area contributed by atoms with Crippen LogP contribution in [0.1, 0.15) is 49.5 Å². The van der Waals surface area contributed by atoms with E-state index in [1.54, 1.807) is 11.8 Å². The van der Waals surface area contributed by atoms with Gasteiger partial charge in [-0.2, -0.15) is 0 Å². The van der Waals surface area contributed by atoms with Gasteiger partial charge < -0.3 is 10.3 Å². The quantitative estimate of drug-likeness (QED) is 0.804. The highest BCUT2D eigenvalue weighted by atomic mass is 79.9. The molecule has 2 bridgehead atoms. The average molecular weight is 337 g/mol. The summed E-state index contributed by atoms with van der Waals surface area (Å²) in [5.41, 5.74) is 2.69. The molecule has 2 aliphatic carbocycles. The maximum atomic E-state index is 12.0. The number of nitrogens with one attached hydrogen (secondary N) is 2. The molecule has 1 heterocycles. The van der Waals surface area contributed by atoms with Gasteiger partial charge in [-0.05, 0) is 65.4 Å². The van der Waals surface area contributed by atoms with Crippen molar-refractivity contribution in [1.82, 2.24) is 10.3 Å². The predicted molar refractivity (Wildman–Crippen MR) is 83.6 cm³/mol. The van der Waals surface area contributed by atoms with Crippen LogP contribution in [0, 0.1) is 11.3 Å². The molecule has 2 atom stereocenters. The number of carbonyl (C=O) groups is 1. The highest BCUT2D eigenvalue weighted by molar-refractivity contribution is 9.10. The van der Waals surface area contributed by atoms with Crippen molar-refractivity contribution in [3.05, 3.63) is 34.1 Å². The van der Waals surface area contributed by atoms with Crippen LogP contribution in [0.4, 0.5) is 0 Å². The summed E-state index contributed by atoms with van der Waals surface area (Å²) in [5.74, 6) is 0.474. The maximum absolute atomic E-state index is 12.0. The summed E-state index contributed by atoms with van der Waals surface area (Å²) in [6.07, 6.45) is 10.6. The summed E-state index contributed by atoms with van der Waals surface area (Å²) in [4.78, 5) is 15.0. The molecule has 0 radical (unpaired) electrons. The van der Waals surface area contributed by atoms with Crippen molar-refractivity contribution in [2.75, 3.05) is 6.54 Å². The lowest BCUT2D eigenvalue weighted by molar-refractivity contribution is 0.0936. The average Bonchev–Trinajstić information content (AvgIpc) is 2.81. The number of hydrogen-bond acceptors (Lipinski definition) is 1. The lowest BCUT2D eigenvalue weighted by Gasteiger charge is -2.41. The molecule has 1 fully saturated rings. The van der Waals surface area contributed by atoms with Crippen LogP contribution in [-0.2, 0) is 0 Å². The number of H-pyrrole nitrogens is 1. The molecule has 0 saturated heterocycles. The molecule has 2 aliphatic rings. The van der Waals surface area contributed by atoms with Crippen molar-refractivity contribution in [2.45, 2.75) is 39.0 Å². The van der Waals surface area contributed by atoms with Crippen LogP contribution in [0.3, 0.4) is 0 Å². The first kappa shape index (κ1) is 13.9. The summed E-state index contributed by atoms with van der Waals surface area (Å²) in [6, 6.07) is 1.81. The Morgan fingerprint density at radius 3 is 3.15 bits per heavy atom. The zero-order valence-corrected chi connectivity index (χ0v) is 13.4. The van der Waals surface area contributed by atoms with E-state index in [-0.39, 0.29) is 5.91 Å². The van der Waals surface area contributed by atoms with Crippen LogP contribution >= 0.6 is 15.9 Å². The largest absolute Gasteiger partial charge is 0.356 e. The second-order valence-corrected chi connectivity index (χ2v) is 7.49. The Balaban J connectivity index is 1.60. The van der Waals surface area contributed by atoms with E-state index in [0.29, 0.717) is 17.0 Å². The third-order valence-corrected chi connectivity index (χ3v) is 5.03. The third-order valence-electron chi connectivity index (χ3n) is 4.58. The molecule has 0 aliphatic heterocycles. The Morgan fingerprint density at radius 2 is 2.45 bits per heavy atom. The van der Waals surface area contributed by atoms with Crippen molar-refractivity contribution in [3.8, 4) is 0 Å². The van der Waals surface area contributed by atoms with E-state index in [1.165, 1.54) is 32.1 Å². The molecule has 108 valence electrons. The van der Waals surface area contributed by atoms with Gasteiger partial charge >= 0.3 is 0 Å². The molecule has 1 saturated carbocycles. The number of carbonyl (C=O) groups excluding carboxylic acids is 1. The predicted octanol–water partition coefficient (Wildman–Crippen LogP) is 4.03. The van der Waals surface area contributed by atoms with Gasteiger partial charge in [-0.25, -0.2) is 0 Å². The number of amides is 1. The van der Waals surface area contributed by atoms with E-state index >= 15 is 0 Å². The van der Waals surface area contributed by atoms with Crippen LogP contribution in [0.2, 0.25) is 0 Å². The topological polar surface area (TPSA) is 44.9 Å². The minimum Gasteiger partial charge on any atom is -0.356 e. The highest BCUT2D eigenvalue weighted by Gasteiger charge is 2.35. The molecule has 20 heavy (non-hydrogen) atoms. The Morgan fingerprint density at radius 1 is 1.60 bits per heavy atom. The second-order valence-electron chi connectivity index (χ2n) is 6.57. The van der Waals surface area contributed by atoms with Gasteiger partial charge in [0, 0.05) is 17.2 Å². The molecule has 2 unspecified atom stereocenters. The van der Waals surface area contributed by atoms with E-state index < -0.39 is 0 Å². The van der Waals surface area contributed by atoms with Crippen molar-refractivity contribution >= 4 is 21.8 Å². The number of halogens is 1. The Kier molecular flexibility index (Phi) is 3.76. The highest BCUT2D eigenvalue weighted by Crippen LogP contribution is 2.47. The molecular weight excluding hydrogens is 316 g/mol. The molecule has 1 aromatic rings. The summed E-state index contributed by atoms with van der Waals surface area (Å²) >= 11 is 3.35.